The molecular formula is C14H25N5O2S. The van der Waals surface area contributed by atoms with Crippen molar-refractivity contribution in [3.05, 3.63) is 16.6 Å². The molecule has 0 radical (unpaired) electrons. The minimum Gasteiger partial charge on any atom is -0.383 e. The second-order valence-electron chi connectivity index (χ2n) is 4.94. The van der Waals surface area contributed by atoms with Crippen LogP contribution in [0.1, 0.15) is 5.01 Å². The number of methoxy groups -OCH3 is 1. The molecular weight excluding hydrogens is 302 g/mol. The first-order chi connectivity index (χ1) is 10.5. The molecule has 1 aromatic rings. The summed E-state index contributed by atoms with van der Waals surface area (Å²) >= 11 is 1.64. The number of aromatic nitrogens is 1. The van der Waals surface area contributed by atoms with Gasteiger partial charge >= 0.3 is 0 Å². The van der Waals surface area contributed by atoms with E-state index in [-0.39, 0.29) is 12.5 Å². The number of hydrogen-bond donors (Lipinski definition) is 1. The molecule has 0 aliphatic rings. The summed E-state index contributed by atoms with van der Waals surface area (Å²) in [5.41, 5.74) is 0. The molecule has 8 heteroatoms. The van der Waals surface area contributed by atoms with E-state index in [0.29, 0.717) is 19.1 Å². The number of ether oxygens (including phenoxy) is 1. The van der Waals surface area contributed by atoms with Gasteiger partial charge in [-0.15, -0.1) is 11.3 Å². The summed E-state index contributed by atoms with van der Waals surface area (Å²) in [6.07, 6.45) is 2.66. The predicted octanol–water partition coefficient (Wildman–Crippen LogP) is 0.298. The van der Waals surface area contributed by atoms with Crippen LogP contribution in [-0.2, 0) is 16.0 Å². The molecule has 0 aliphatic heterocycles. The second kappa shape index (κ2) is 10.1. The summed E-state index contributed by atoms with van der Waals surface area (Å²) in [4.78, 5) is 23.9. The van der Waals surface area contributed by atoms with Crippen LogP contribution in [0.15, 0.2) is 16.6 Å². The van der Waals surface area contributed by atoms with Crippen molar-refractivity contribution in [2.24, 2.45) is 4.99 Å². The van der Waals surface area contributed by atoms with Gasteiger partial charge in [0.05, 0.1) is 11.6 Å². The molecule has 0 aromatic carbocycles. The van der Waals surface area contributed by atoms with E-state index in [2.05, 4.69) is 15.3 Å². The van der Waals surface area contributed by atoms with E-state index in [9.17, 15) is 4.79 Å². The zero-order valence-corrected chi connectivity index (χ0v) is 14.5. The summed E-state index contributed by atoms with van der Waals surface area (Å²) in [7, 11) is 7.05. The van der Waals surface area contributed by atoms with Crippen LogP contribution in [0.5, 0.6) is 0 Å². The van der Waals surface area contributed by atoms with Gasteiger partial charge in [-0.1, -0.05) is 0 Å². The van der Waals surface area contributed by atoms with Crippen molar-refractivity contribution < 1.29 is 9.53 Å². The lowest BCUT2D eigenvalue weighted by atomic mass is 10.4. The third kappa shape index (κ3) is 6.86. The first-order valence-corrected chi connectivity index (χ1v) is 7.99. The molecule has 124 valence electrons. The lowest BCUT2D eigenvalue weighted by Crippen LogP contribution is -2.42. The van der Waals surface area contributed by atoms with E-state index in [1.165, 1.54) is 4.90 Å². The number of carbonyl (C=O) groups excluding carboxylic acids is 1. The molecule has 22 heavy (non-hydrogen) atoms. The average molecular weight is 327 g/mol. The predicted molar refractivity (Wildman–Crippen MR) is 89.3 cm³/mol. The zero-order chi connectivity index (χ0) is 16.4. The third-order valence-electron chi connectivity index (χ3n) is 2.96. The quantitative estimate of drug-likeness (QED) is 0.422. The molecule has 0 unspecified atom stereocenters. The standard InChI is InChI=1S/C14H25N5O2S/c1-18(2)13(20)11-17-14(16-6-9-21-4)19(3)8-5-12-15-7-10-22-12/h7,10H,5-6,8-9,11H2,1-4H3,(H,16,17). The molecule has 1 heterocycles. The number of guanidine groups is 1. The van der Waals surface area contributed by atoms with Gasteiger partial charge in [-0.25, -0.2) is 9.98 Å². The molecule has 0 bridgehead atoms. The first kappa shape index (κ1) is 18.4. The SMILES string of the molecule is COCCNC(=NCC(=O)N(C)C)N(C)CCc1nccs1. The normalized spacial score (nSPS) is 11.4. The highest BCUT2D eigenvalue weighted by molar-refractivity contribution is 7.09. The molecule has 0 spiro atoms. The van der Waals surface area contributed by atoms with Gasteiger partial charge in [0, 0.05) is 59.3 Å². The highest BCUT2D eigenvalue weighted by Gasteiger charge is 2.09. The lowest BCUT2D eigenvalue weighted by molar-refractivity contribution is -0.127. The van der Waals surface area contributed by atoms with Crippen LogP contribution >= 0.6 is 11.3 Å². The maximum atomic E-state index is 11.7. The molecule has 0 saturated heterocycles. The molecule has 1 rings (SSSR count). The Labute approximate surface area is 136 Å². The van der Waals surface area contributed by atoms with E-state index in [4.69, 9.17) is 4.74 Å². The summed E-state index contributed by atoms with van der Waals surface area (Å²) in [5, 5.41) is 6.27. The van der Waals surface area contributed by atoms with Gasteiger partial charge in [-0.3, -0.25) is 4.79 Å². The van der Waals surface area contributed by atoms with Gasteiger partial charge in [0.15, 0.2) is 5.96 Å². The van der Waals surface area contributed by atoms with E-state index in [0.717, 1.165) is 18.0 Å². The number of thiazole rings is 1. The van der Waals surface area contributed by atoms with E-state index < -0.39 is 0 Å². The van der Waals surface area contributed by atoms with Gasteiger partial charge in [-0.2, -0.15) is 0 Å². The molecule has 7 nitrogen and oxygen atoms in total. The van der Waals surface area contributed by atoms with Crippen LogP contribution in [0.4, 0.5) is 0 Å². The van der Waals surface area contributed by atoms with Crippen LogP contribution in [0.25, 0.3) is 0 Å². The summed E-state index contributed by atoms with van der Waals surface area (Å²) < 4.78 is 5.04. The van der Waals surface area contributed by atoms with Crippen molar-refractivity contribution in [1.29, 1.82) is 0 Å². The topological polar surface area (TPSA) is 70.1 Å². The van der Waals surface area contributed by atoms with Gasteiger partial charge in [0.2, 0.25) is 5.91 Å². The highest BCUT2D eigenvalue weighted by Crippen LogP contribution is 2.05. The van der Waals surface area contributed by atoms with Crippen LogP contribution in [0.2, 0.25) is 0 Å². The minimum atomic E-state index is -0.0284. The largest absolute Gasteiger partial charge is 0.383 e. The number of carbonyl (C=O) groups is 1. The number of amides is 1. The van der Waals surface area contributed by atoms with E-state index >= 15 is 0 Å². The van der Waals surface area contributed by atoms with Crippen molar-refractivity contribution >= 4 is 23.2 Å². The van der Waals surface area contributed by atoms with Crippen LogP contribution in [-0.4, -0.2) is 81.1 Å². The van der Waals surface area contributed by atoms with Crippen molar-refractivity contribution in [1.82, 2.24) is 20.1 Å². The fourth-order valence-corrected chi connectivity index (χ4v) is 2.22. The van der Waals surface area contributed by atoms with Gasteiger partial charge in [-0.05, 0) is 0 Å². The molecule has 1 amide bonds. The number of aliphatic imine (C=N–C) groups is 1. The fourth-order valence-electron chi connectivity index (χ4n) is 1.61. The van der Waals surface area contributed by atoms with E-state index in [1.54, 1.807) is 32.5 Å². The van der Waals surface area contributed by atoms with Crippen LogP contribution in [0, 0.1) is 0 Å². The summed E-state index contributed by atoms with van der Waals surface area (Å²) in [6, 6.07) is 0. The second-order valence-corrected chi connectivity index (χ2v) is 5.92. The van der Waals surface area contributed by atoms with Crippen molar-refractivity contribution in [3.63, 3.8) is 0 Å². The van der Waals surface area contributed by atoms with Crippen molar-refractivity contribution in [2.75, 3.05) is 54.5 Å². The summed E-state index contributed by atoms with van der Waals surface area (Å²) in [6.45, 7) is 2.14. The number of nitrogens with one attached hydrogen (secondary N) is 1. The lowest BCUT2D eigenvalue weighted by Gasteiger charge is -2.22. The Balaban J connectivity index is 2.57. The minimum absolute atomic E-state index is 0.0284. The maximum Gasteiger partial charge on any atom is 0.243 e. The first-order valence-electron chi connectivity index (χ1n) is 7.11. The van der Waals surface area contributed by atoms with Gasteiger partial charge < -0.3 is 19.9 Å². The number of likely N-dealkylation sites (N-methyl/N-ethyl adjacent to an activating group) is 2. The Bertz CT molecular complexity index is 462. The molecule has 0 fully saturated rings. The number of hydrogen-bond acceptors (Lipinski definition) is 5. The summed E-state index contributed by atoms with van der Waals surface area (Å²) in [5.74, 6) is 0.670. The van der Waals surface area contributed by atoms with Gasteiger partial charge in [0.1, 0.15) is 6.54 Å². The Kier molecular flexibility index (Phi) is 8.46. The maximum absolute atomic E-state index is 11.7. The molecule has 0 saturated carbocycles. The Morgan fingerprint density at radius 1 is 1.45 bits per heavy atom. The number of nitrogens with zero attached hydrogens (tertiary/aromatic N) is 4. The number of rotatable bonds is 8. The Morgan fingerprint density at radius 2 is 2.23 bits per heavy atom. The molecule has 0 atom stereocenters. The van der Waals surface area contributed by atoms with Crippen molar-refractivity contribution in [3.8, 4) is 0 Å². The van der Waals surface area contributed by atoms with Crippen molar-refractivity contribution in [2.45, 2.75) is 6.42 Å². The Hall–Kier alpha value is -1.67. The van der Waals surface area contributed by atoms with E-state index in [1.807, 2.05) is 23.5 Å². The van der Waals surface area contributed by atoms with Crippen LogP contribution in [0.3, 0.4) is 0 Å². The Morgan fingerprint density at radius 3 is 2.82 bits per heavy atom. The fraction of sp³-hybridized carbons (Fsp3) is 0.643. The molecule has 1 aromatic heterocycles. The third-order valence-corrected chi connectivity index (χ3v) is 3.80. The molecule has 1 N–H and O–H groups in total. The van der Waals surface area contributed by atoms with Crippen LogP contribution < -0.4 is 5.32 Å². The zero-order valence-electron chi connectivity index (χ0n) is 13.7. The average Bonchev–Trinajstić information content (AvgIpc) is 3.01. The molecule has 0 aliphatic carbocycles. The smallest absolute Gasteiger partial charge is 0.243 e. The van der Waals surface area contributed by atoms with Gasteiger partial charge in [0.25, 0.3) is 0 Å². The monoisotopic (exact) mass is 327 g/mol. The highest BCUT2D eigenvalue weighted by atomic mass is 32.1.